The number of furan rings is 1. The summed E-state index contributed by atoms with van der Waals surface area (Å²) in [6, 6.07) is 10.8. The molecular weight excluding hydrogens is 268 g/mol. The Morgan fingerprint density at radius 1 is 1.29 bits per heavy atom. The van der Waals surface area contributed by atoms with Crippen molar-refractivity contribution in [3.8, 4) is 0 Å². The molecule has 2 rings (SSSR count). The van der Waals surface area contributed by atoms with Crippen LogP contribution in [-0.2, 0) is 0 Å². The number of carbonyl (C=O) groups is 1. The topological polar surface area (TPSA) is 74.5 Å². The molecule has 1 heterocycles. The van der Waals surface area contributed by atoms with E-state index in [9.17, 15) is 9.90 Å². The molecule has 0 aliphatic rings. The number of carbonyl (C=O) groups excluding carboxylic acids is 1. The van der Waals surface area contributed by atoms with E-state index in [0.717, 1.165) is 11.1 Å². The van der Waals surface area contributed by atoms with Crippen LogP contribution in [-0.4, -0.2) is 17.7 Å². The Balaban J connectivity index is 1.83. The van der Waals surface area contributed by atoms with Gasteiger partial charge in [-0.1, -0.05) is 24.3 Å². The number of aryl methyl sites for hydroxylation is 1. The number of amides is 2. The van der Waals surface area contributed by atoms with Crippen LogP contribution in [0.5, 0.6) is 0 Å². The minimum absolute atomic E-state index is 0.0971. The van der Waals surface area contributed by atoms with Gasteiger partial charge in [0, 0.05) is 0 Å². The van der Waals surface area contributed by atoms with Crippen molar-refractivity contribution in [1.82, 2.24) is 10.6 Å². The molecule has 1 aromatic heterocycles. The molecule has 21 heavy (non-hydrogen) atoms. The first-order valence-electron chi connectivity index (χ1n) is 6.89. The SMILES string of the molecule is Cc1ccccc1C(C)NC(=O)NCC(O)c1ccco1. The van der Waals surface area contributed by atoms with Crippen LogP contribution in [0.3, 0.4) is 0 Å². The summed E-state index contributed by atoms with van der Waals surface area (Å²) in [6.45, 7) is 4.02. The predicted molar refractivity (Wildman–Crippen MR) is 79.8 cm³/mol. The van der Waals surface area contributed by atoms with Gasteiger partial charge in [-0.05, 0) is 37.1 Å². The Morgan fingerprint density at radius 3 is 2.71 bits per heavy atom. The van der Waals surface area contributed by atoms with Gasteiger partial charge >= 0.3 is 6.03 Å². The van der Waals surface area contributed by atoms with Crippen molar-refractivity contribution in [3.05, 3.63) is 59.5 Å². The molecule has 1 aromatic carbocycles. The summed E-state index contributed by atoms with van der Waals surface area (Å²) >= 11 is 0. The van der Waals surface area contributed by atoms with E-state index in [4.69, 9.17) is 4.42 Å². The van der Waals surface area contributed by atoms with Gasteiger partial charge in [-0.25, -0.2) is 4.79 Å². The lowest BCUT2D eigenvalue weighted by atomic mass is 10.0. The Labute approximate surface area is 124 Å². The maximum absolute atomic E-state index is 11.8. The fourth-order valence-corrected chi connectivity index (χ4v) is 2.17. The van der Waals surface area contributed by atoms with Crippen molar-refractivity contribution in [2.75, 3.05) is 6.54 Å². The lowest BCUT2D eigenvalue weighted by Crippen LogP contribution is -2.39. The molecule has 5 nitrogen and oxygen atoms in total. The van der Waals surface area contributed by atoms with Crippen LogP contribution in [0.2, 0.25) is 0 Å². The summed E-state index contributed by atoms with van der Waals surface area (Å²) in [6.07, 6.45) is 0.637. The van der Waals surface area contributed by atoms with Crippen molar-refractivity contribution in [2.24, 2.45) is 0 Å². The smallest absolute Gasteiger partial charge is 0.315 e. The van der Waals surface area contributed by atoms with Crippen LogP contribution in [0.25, 0.3) is 0 Å². The van der Waals surface area contributed by atoms with Gasteiger partial charge in [0.1, 0.15) is 11.9 Å². The molecule has 5 heteroatoms. The number of hydrogen-bond acceptors (Lipinski definition) is 3. The summed E-state index contributed by atoms with van der Waals surface area (Å²) < 4.78 is 5.07. The molecule has 0 radical (unpaired) electrons. The number of nitrogens with one attached hydrogen (secondary N) is 2. The summed E-state index contributed by atoms with van der Waals surface area (Å²) in [4.78, 5) is 11.8. The molecule has 0 fully saturated rings. The average Bonchev–Trinajstić information content (AvgIpc) is 2.99. The predicted octanol–water partition coefficient (Wildman–Crippen LogP) is 2.68. The van der Waals surface area contributed by atoms with Gasteiger partial charge in [0.05, 0.1) is 18.8 Å². The Bertz CT molecular complexity index is 581. The summed E-state index contributed by atoms with van der Waals surface area (Å²) in [7, 11) is 0. The first-order valence-corrected chi connectivity index (χ1v) is 6.89. The minimum Gasteiger partial charge on any atom is -0.467 e. The van der Waals surface area contributed by atoms with Gasteiger partial charge in [0.2, 0.25) is 0 Å². The standard InChI is InChI=1S/C16H20N2O3/c1-11-6-3-4-7-13(11)12(2)18-16(20)17-10-14(19)15-8-5-9-21-15/h3-9,12,14,19H,10H2,1-2H3,(H2,17,18,20). The largest absolute Gasteiger partial charge is 0.467 e. The van der Waals surface area contributed by atoms with E-state index in [1.54, 1.807) is 12.1 Å². The fraction of sp³-hybridized carbons (Fsp3) is 0.312. The third-order valence-electron chi connectivity index (χ3n) is 3.33. The van der Waals surface area contributed by atoms with Gasteiger partial charge < -0.3 is 20.2 Å². The number of aliphatic hydroxyl groups is 1. The average molecular weight is 288 g/mol. The van der Waals surface area contributed by atoms with E-state index in [1.807, 2.05) is 38.1 Å². The molecular formula is C16H20N2O3. The highest BCUT2D eigenvalue weighted by atomic mass is 16.4. The zero-order valence-electron chi connectivity index (χ0n) is 12.2. The number of urea groups is 1. The number of hydrogen-bond donors (Lipinski definition) is 3. The zero-order chi connectivity index (χ0) is 15.2. The van der Waals surface area contributed by atoms with Crippen molar-refractivity contribution < 1.29 is 14.3 Å². The van der Waals surface area contributed by atoms with Crippen LogP contribution in [0.15, 0.2) is 47.1 Å². The van der Waals surface area contributed by atoms with Crippen molar-refractivity contribution >= 4 is 6.03 Å². The van der Waals surface area contributed by atoms with Gasteiger partial charge in [0.25, 0.3) is 0 Å². The Morgan fingerprint density at radius 2 is 2.05 bits per heavy atom. The third kappa shape index (κ3) is 4.10. The van der Waals surface area contributed by atoms with Crippen LogP contribution in [0.1, 0.15) is 36.0 Å². The van der Waals surface area contributed by atoms with Gasteiger partial charge in [-0.2, -0.15) is 0 Å². The molecule has 2 atom stereocenters. The van der Waals surface area contributed by atoms with Crippen LogP contribution >= 0.6 is 0 Å². The third-order valence-corrected chi connectivity index (χ3v) is 3.33. The zero-order valence-corrected chi connectivity index (χ0v) is 12.2. The fourth-order valence-electron chi connectivity index (χ4n) is 2.17. The quantitative estimate of drug-likeness (QED) is 0.792. The molecule has 0 saturated carbocycles. The van der Waals surface area contributed by atoms with E-state index >= 15 is 0 Å². The normalized spacial score (nSPS) is 13.5. The van der Waals surface area contributed by atoms with Gasteiger partial charge in [0.15, 0.2) is 0 Å². The highest BCUT2D eigenvalue weighted by molar-refractivity contribution is 5.74. The summed E-state index contributed by atoms with van der Waals surface area (Å²) in [5.41, 5.74) is 2.19. The first-order chi connectivity index (χ1) is 10.1. The molecule has 0 saturated heterocycles. The molecule has 3 N–H and O–H groups in total. The highest BCUT2D eigenvalue weighted by Gasteiger charge is 2.14. The monoisotopic (exact) mass is 288 g/mol. The summed E-state index contributed by atoms with van der Waals surface area (Å²) in [5.74, 6) is 0.433. The molecule has 0 aliphatic carbocycles. The van der Waals surface area contributed by atoms with Crippen LogP contribution in [0.4, 0.5) is 4.79 Å². The highest BCUT2D eigenvalue weighted by Crippen LogP contribution is 2.16. The van der Waals surface area contributed by atoms with E-state index < -0.39 is 6.10 Å². The van der Waals surface area contributed by atoms with Crippen LogP contribution < -0.4 is 10.6 Å². The lowest BCUT2D eigenvalue weighted by molar-refractivity contribution is 0.147. The molecule has 2 amide bonds. The van der Waals surface area contributed by atoms with E-state index in [-0.39, 0.29) is 18.6 Å². The first kappa shape index (κ1) is 15.1. The molecule has 0 spiro atoms. The van der Waals surface area contributed by atoms with Crippen molar-refractivity contribution in [1.29, 1.82) is 0 Å². The second-order valence-electron chi connectivity index (χ2n) is 4.96. The summed E-state index contributed by atoms with van der Waals surface area (Å²) in [5, 5.41) is 15.3. The minimum atomic E-state index is -0.848. The van der Waals surface area contributed by atoms with Crippen molar-refractivity contribution in [2.45, 2.75) is 26.0 Å². The second kappa shape index (κ2) is 6.95. The molecule has 2 aromatic rings. The molecule has 0 aliphatic heterocycles. The van der Waals surface area contributed by atoms with Gasteiger partial charge in [-0.3, -0.25) is 0 Å². The Hall–Kier alpha value is -2.27. The second-order valence-corrected chi connectivity index (χ2v) is 4.96. The van der Waals surface area contributed by atoms with Crippen LogP contribution in [0, 0.1) is 6.92 Å². The van der Waals surface area contributed by atoms with E-state index in [0.29, 0.717) is 5.76 Å². The number of benzene rings is 1. The Kier molecular flexibility index (Phi) is 5.00. The van der Waals surface area contributed by atoms with E-state index in [2.05, 4.69) is 10.6 Å². The lowest BCUT2D eigenvalue weighted by Gasteiger charge is -2.17. The molecule has 112 valence electrons. The number of aliphatic hydroxyl groups excluding tert-OH is 1. The maximum atomic E-state index is 11.8. The van der Waals surface area contributed by atoms with E-state index in [1.165, 1.54) is 6.26 Å². The molecule has 0 bridgehead atoms. The maximum Gasteiger partial charge on any atom is 0.315 e. The van der Waals surface area contributed by atoms with Gasteiger partial charge in [-0.15, -0.1) is 0 Å². The van der Waals surface area contributed by atoms with Crippen molar-refractivity contribution in [3.63, 3.8) is 0 Å². The molecule has 2 unspecified atom stereocenters. The number of rotatable bonds is 5.